The molecule has 0 spiro atoms. The molecule has 1 heterocycles. The van der Waals surface area contributed by atoms with E-state index in [0.29, 0.717) is 18.0 Å². The lowest BCUT2D eigenvalue weighted by molar-refractivity contribution is -0.137. The third kappa shape index (κ3) is 6.38. The number of piperazine rings is 1. The first kappa shape index (κ1) is 26.5. The van der Waals surface area contributed by atoms with Gasteiger partial charge < -0.3 is 15.1 Å². The van der Waals surface area contributed by atoms with Crippen LogP contribution in [0.4, 0.5) is 13.2 Å². The number of alkyl halides is 3. The first-order chi connectivity index (χ1) is 14.3. The highest BCUT2D eigenvalue weighted by Gasteiger charge is 2.38. The Morgan fingerprint density at radius 1 is 1.00 bits per heavy atom. The highest BCUT2D eigenvalue weighted by molar-refractivity contribution is 5.85. The molecule has 0 radical (unpaired) electrons. The highest BCUT2D eigenvalue weighted by atomic mass is 35.5. The van der Waals surface area contributed by atoms with Gasteiger partial charge in [-0.2, -0.15) is 13.2 Å². The van der Waals surface area contributed by atoms with Crippen LogP contribution >= 0.6 is 24.8 Å². The van der Waals surface area contributed by atoms with Crippen LogP contribution in [-0.4, -0.2) is 61.5 Å². The van der Waals surface area contributed by atoms with E-state index in [2.05, 4.69) is 17.3 Å². The van der Waals surface area contributed by atoms with Crippen molar-refractivity contribution < 1.29 is 18.0 Å². The molecule has 2 unspecified atom stereocenters. The van der Waals surface area contributed by atoms with Crippen LogP contribution in [0.2, 0.25) is 0 Å². The molecular weight excluding hydrogens is 462 g/mol. The van der Waals surface area contributed by atoms with Crippen LogP contribution in [0.1, 0.15) is 23.5 Å². The van der Waals surface area contributed by atoms with E-state index in [1.54, 1.807) is 6.07 Å². The molecule has 1 saturated carbocycles. The van der Waals surface area contributed by atoms with Gasteiger partial charge in [0.2, 0.25) is 5.91 Å². The minimum atomic E-state index is -4.34. The maximum Gasteiger partial charge on any atom is 0.416 e. The largest absolute Gasteiger partial charge is 0.416 e. The summed E-state index contributed by atoms with van der Waals surface area (Å²) in [6.07, 6.45) is -3.37. The first-order valence-corrected chi connectivity index (χ1v) is 10.3. The molecule has 0 bridgehead atoms. The van der Waals surface area contributed by atoms with E-state index in [1.165, 1.54) is 12.1 Å². The molecule has 0 aromatic heterocycles. The molecular formula is C23H28Cl2F3N3O. The molecule has 1 aliphatic heterocycles. The summed E-state index contributed by atoms with van der Waals surface area (Å²) in [5, 5.41) is 3.35. The molecule has 176 valence electrons. The van der Waals surface area contributed by atoms with E-state index in [1.807, 2.05) is 29.2 Å². The van der Waals surface area contributed by atoms with Gasteiger partial charge in [0.15, 0.2) is 0 Å². The van der Waals surface area contributed by atoms with Gasteiger partial charge in [0.05, 0.1) is 12.1 Å². The summed E-state index contributed by atoms with van der Waals surface area (Å²) in [4.78, 5) is 16.5. The smallest absolute Gasteiger partial charge is 0.339 e. The quantitative estimate of drug-likeness (QED) is 0.674. The number of hydrogen-bond acceptors (Lipinski definition) is 3. The van der Waals surface area contributed by atoms with Gasteiger partial charge in [-0.1, -0.05) is 36.4 Å². The van der Waals surface area contributed by atoms with Crippen LogP contribution in [0, 0.1) is 0 Å². The average molecular weight is 490 g/mol. The van der Waals surface area contributed by atoms with Crippen molar-refractivity contribution in [1.29, 1.82) is 0 Å². The molecule has 4 rings (SSSR count). The van der Waals surface area contributed by atoms with Crippen molar-refractivity contribution in [1.82, 2.24) is 15.1 Å². The number of halogens is 5. The van der Waals surface area contributed by atoms with Gasteiger partial charge in [-0.15, -0.1) is 24.8 Å². The van der Waals surface area contributed by atoms with Gasteiger partial charge in [-0.3, -0.25) is 4.79 Å². The summed E-state index contributed by atoms with van der Waals surface area (Å²) in [6.45, 7) is 3.74. The molecule has 2 aromatic rings. The SMILES string of the molecule is CN1CCN(C(=O)CNC2CC2c2ccc(-c3cccc(C(F)(F)F)c3)cc2)CC1.Cl.Cl. The predicted octanol–water partition coefficient (Wildman–Crippen LogP) is 4.44. The Bertz CT molecular complexity index is 900. The minimum Gasteiger partial charge on any atom is -0.339 e. The van der Waals surface area contributed by atoms with Crippen LogP contribution in [0.5, 0.6) is 0 Å². The molecule has 2 aliphatic rings. The number of carbonyl (C=O) groups excluding carboxylic acids is 1. The molecule has 2 aromatic carbocycles. The minimum absolute atomic E-state index is 0. The Labute approximate surface area is 199 Å². The van der Waals surface area contributed by atoms with E-state index < -0.39 is 11.7 Å². The van der Waals surface area contributed by atoms with E-state index in [-0.39, 0.29) is 36.8 Å². The second-order valence-corrected chi connectivity index (χ2v) is 8.21. The Morgan fingerprint density at radius 2 is 1.66 bits per heavy atom. The second-order valence-electron chi connectivity index (χ2n) is 8.21. The van der Waals surface area contributed by atoms with Crippen molar-refractivity contribution >= 4 is 30.7 Å². The number of rotatable bonds is 5. The van der Waals surface area contributed by atoms with E-state index >= 15 is 0 Å². The van der Waals surface area contributed by atoms with Crippen LogP contribution in [-0.2, 0) is 11.0 Å². The molecule has 2 atom stereocenters. The van der Waals surface area contributed by atoms with Crippen LogP contribution < -0.4 is 5.32 Å². The lowest BCUT2D eigenvalue weighted by atomic mass is 10.0. The van der Waals surface area contributed by atoms with E-state index in [4.69, 9.17) is 0 Å². The summed E-state index contributed by atoms with van der Waals surface area (Å²) in [7, 11) is 2.06. The monoisotopic (exact) mass is 489 g/mol. The number of hydrogen-bond donors (Lipinski definition) is 1. The summed E-state index contributed by atoms with van der Waals surface area (Å²) < 4.78 is 38.8. The zero-order chi connectivity index (χ0) is 21.3. The third-order valence-electron chi connectivity index (χ3n) is 6.02. The van der Waals surface area contributed by atoms with Crippen molar-refractivity contribution in [2.24, 2.45) is 0 Å². The Morgan fingerprint density at radius 3 is 2.28 bits per heavy atom. The standard InChI is InChI=1S/C23H26F3N3O.2ClH/c1-28-9-11-29(12-10-28)22(30)15-27-21-14-20(21)17-7-5-16(6-8-17)18-3-2-4-19(13-18)23(24,25)26;;/h2-8,13,20-21,27H,9-12,14-15H2,1H3;2*1H. The summed E-state index contributed by atoms with van der Waals surface area (Å²) in [6, 6.07) is 13.4. The van der Waals surface area contributed by atoms with Crippen LogP contribution in [0.15, 0.2) is 48.5 Å². The number of amides is 1. The number of nitrogens with zero attached hydrogens (tertiary/aromatic N) is 2. The molecule has 2 fully saturated rings. The number of nitrogens with one attached hydrogen (secondary N) is 1. The van der Waals surface area contributed by atoms with E-state index in [9.17, 15) is 18.0 Å². The number of likely N-dealkylation sites (N-methyl/N-ethyl adjacent to an activating group) is 1. The van der Waals surface area contributed by atoms with Crippen molar-refractivity contribution in [2.45, 2.75) is 24.6 Å². The lowest BCUT2D eigenvalue weighted by Crippen LogP contribution is -2.49. The van der Waals surface area contributed by atoms with Gasteiger partial charge in [-0.05, 0) is 42.3 Å². The zero-order valence-electron chi connectivity index (χ0n) is 17.8. The van der Waals surface area contributed by atoms with Crippen LogP contribution in [0.3, 0.4) is 0 Å². The lowest BCUT2D eigenvalue weighted by Gasteiger charge is -2.32. The van der Waals surface area contributed by atoms with Crippen molar-refractivity contribution in [3.05, 3.63) is 59.7 Å². The normalized spacial score (nSPS) is 20.8. The molecule has 1 N–H and O–H groups in total. The van der Waals surface area contributed by atoms with Crippen molar-refractivity contribution in [3.8, 4) is 11.1 Å². The predicted molar refractivity (Wildman–Crippen MR) is 125 cm³/mol. The first-order valence-electron chi connectivity index (χ1n) is 10.3. The summed E-state index contributed by atoms with van der Waals surface area (Å²) in [5.41, 5.74) is 1.83. The highest BCUT2D eigenvalue weighted by Crippen LogP contribution is 2.41. The van der Waals surface area contributed by atoms with Gasteiger partial charge >= 0.3 is 6.18 Å². The van der Waals surface area contributed by atoms with Gasteiger partial charge in [-0.25, -0.2) is 0 Å². The third-order valence-corrected chi connectivity index (χ3v) is 6.02. The molecule has 4 nitrogen and oxygen atoms in total. The Kier molecular flexibility index (Phi) is 8.99. The molecule has 1 aliphatic carbocycles. The molecule has 1 amide bonds. The molecule has 9 heteroatoms. The topological polar surface area (TPSA) is 35.6 Å². The van der Waals surface area contributed by atoms with Gasteiger partial charge in [0.1, 0.15) is 0 Å². The fraction of sp³-hybridized carbons (Fsp3) is 0.435. The van der Waals surface area contributed by atoms with Crippen molar-refractivity contribution in [2.75, 3.05) is 39.8 Å². The number of benzene rings is 2. The Hall–Kier alpha value is -1.80. The fourth-order valence-corrected chi connectivity index (χ4v) is 3.97. The Balaban J connectivity index is 0.00000181. The summed E-state index contributed by atoms with van der Waals surface area (Å²) in [5.74, 6) is 0.495. The van der Waals surface area contributed by atoms with Crippen molar-refractivity contribution in [3.63, 3.8) is 0 Å². The van der Waals surface area contributed by atoms with Crippen LogP contribution in [0.25, 0.3) is 11.1 Å². The molecule has 1 saturated heterocycles. The maximum absolute atomic E-state index is 12.9. The van der Waals surface area contributed by atoms with E-state index in [0.717, 1.165) is 49.8 Å². The number of carbonyl (C=O) groups is 1. The second kappa shape index (κ2) is 10.9. The molecule has 32 heavy (non-hydrogen) atoms. The van der Waals surface area contributed by atoms with Gasteiger partial charge in [0, 0.05) is 38.1 Å². The average Bonchev–Trinajstić information content (AvgIpc) is 3.52. The fourth-order valence-electron chi connectivity index (χ4n) is 3.97. The summed E-state index contributed by atoms with van der Waals surface area (Å²) >= 11 is 0. The maximum atomic E-state index is 12.9. The van der Waals surface area contributed by atoms with Gasteiger partial charge in [0.25, 0.3) is 0 Å². The zero-order valence-corrected chi connectivity index (χ0v) is 19.4.